The number of aliphatic hydroxyl groups is 1. The van der Waals surface area contributed by atoms with Crippen LogP contribution in [0.1, 0.15) is 34.6 Å². The molecule has 0 atom stereocenters. The maximum atomic E-state index is 13.9. The highest BCUT2D eigenvalue weighted by atomic mass is 19.1. The molecule has 1 aliphatic heterocycles. The maximum Gasteiger partial charge on any atom is 0.335 e. The lowest BCUT2D eigenvalue weighted by atomic mass is 9.91. The van der Waals surface area contributed by atoms with Crippen LogP contribution in [0.5, 0.6) is 0 Å². The number of hydrogen-bond donors (Lipinski definition) is 2. The third-order valence-electron chi connectivity index (χ3n) is 4.65. The largest absolute Gasteiger partial charge is 0.479 e. The molecule has 3 rings (SSSR count). The van der Waals surface area contributed by atoms with Gasteiger partial charge in [-0.15, -0.1) is 0 Å². The Balaban J connectivity index is 1.95. The van der Waals surface area contributed by atoms with Crippen LogP contribution in [0.2, 0.25) is 0 Å². The van der Waals surface area contributed by atoms with Gasteiger partial charge < -0.3 is 15.1 Å². The van der Waals surface area contributed by atoms with E-state index in [1.807, 2.05) is 0 Å². The van der Waals surface area contributed by atoms with Crippen LogP contribution >= 0.6 is 0 Å². The van der Waals surface area contributed by atoms with Crippen molar-refractivity contribution in [2.45, 2.75) is 32.3 Å². The van der Waals surface area contributed by atoms with Crippen LogP contribution in [0.4, 0.5) is 4.39 Å². The molecule has 132 valence electrons. The van der Waals surface area contributed by atoms with Gasteiger partial charge in [0, 0.05) is 32.0 Å². The van der Waals surface area contributed by atoms with E-state index < -0.39 is 23.3 Å². The van der Waals surface area contributed by atoms with E-state index in [1.165, 1.54) is 11.0 Å². The Labute approximate surface area is 143 Å². The molecule has 0 bridgehead atoms. The monoisotopic (exact) mass is 347 g/mol. The molecule has 1 fully saturated rings. The molecule has 8 heteroatoms. The molecule has 25 heavy (non-hydrogen) atoms. The first kappa shape index (κ1) is 17.2. The molecule has 1 aliphatic rings. The van der Waals surface area contributed by atoms with Crippen LogP contribution in [0, 0.1) is 19.7 Å². The van der Waals surface area contributed by atoms with Crippen LogP contribution < -0.4 is 0 Å². The molecule has 7 nitrogen and oxygen atoms in total. The predicted molar refractivity (Wildman–Crippen MR) is 86.7 cm³/mol. The number of carboxylic acids is 1. The summed E-state index contributed by atoms with van der Waals surface area (Å²) in [6, 6.07) is 2.34. The summed E-state index contributed by atoms with van der Waals surface area (Å²) in [6.45, 7) is 3.65. The fourth-order valence-electron chi connectivity index (χ4n) is 2.92. The zero-order valence-electron chi connectivity index (χ0n) is 13.9. The van der Waals surface area contributed by atoms with Gasteiger partial charge in [-0.1, -0.05) is 0 Å². The van der Waals surface area contributed by atoms with Gasteiger partial charge in [0.15, 0.2) is 5.60 Å². The Morgan fingerprint density at radius 2 is 1.76 bits per heavy atom. The minimum atomic E-state index is -1.83. The highest BCUT2D eigenvalue weighted by Crippen LogP contribution is 2.26. The summed E-state index contributed by atoms with van der Waals surface area (Å²) in [5.74, 6) is -2.34. The molecule has 2 aromatic rings. The smallest absolute Gasteiger partial charge is 0.335 e. The van der Waals surface area contributed by atoms with Gasteiger partial charge in [-0.05, 0) is 19.9 Å². The number of amides is 1. The molecule has 1 aromatic heterocycles. The van der Waals surface area contributed by atoms with Gasteiger partial charge in [-0.2, -0.15) is 0 Å². The SMILES string of the molecule is Cc1nc2cc(F)cc(C(=O)N3CCC(O)(C(=O)O)CC3)c2nc1C. The molecular formula is C17H18FN3O4. The van der Waals surface area contributed by atoms with Crippen molar-refractivity contribution in [3.8, 4) is 0 Å². The lowest BCUT2D eigenvalue weighted by Crippen LogP contribution is -2.50. The van der Waals surface area contributed by atoms with Crippen molar-refractivity contribution in [3.63, 3.8) is 0 Å². The van der Waals surface area contributed by atoms with Crippen LogP contribution in [-0.4, -0.2) is 55.6 Å². The number of nitrogens with zero attached hydrogens (tertiary/aromatic N) is 3. The van der Waals surface area contributed by atoms with Crippen molar-refractivity contribution in [1.82, 2.24) is 14.9 Å². The predicted octanol–water partition coefficient (Wildman–Crippen LogP) is 1.44. The summed E-state index contributed by atoms with van der Waals surface area (Å²) in [5, 5.41) is 19.0. The minimum absolute atomic E-state index is 0.0674. The van der Waals surface area contributed by atoms with E-state index in [2.05, 4.69) is 9.97 Å². The second-order valence-electron chi connectivity index (χ2n) is 6.34. The fraction of sp³-hybridized carbons (Fsp3) is 0.412. The molecule has 0 unspecified atom stereocenters. The number of piperidine rings is 1. The van der Waals surface area contributed by atoms with Gasteiger partial charge in [0.25, 0.3) is 5.91 Å². The molecule has 0 radical (unpaired) electrons. The third-order valence-corrected chi connectivity index (χ3v) is 4.65. The van der Waals surface area contributed by atoms with Crippen molar-refractivity contribution in [2.24, 2.45) is 0 Å². The standard InChI is InChI=1S/C17H18FN3O4/c1-9-10(2)20-14-12(7-11(18)8-13(14)19-9)15(22)21-5-3-17(25,4-6-21)16(23)24/h7-8,25H,3-6H2,1-2H3,(H,23,24). The molecule has 2 N–H and O–H groups in total. The Bertz CT molecular complexity index is 876. The molecular weight excluding hydrogens is 329 g/mol. The van der Waals surface area contributed by atoms with Crippen molar-refractivity contribution >= 4 is 22.9 Å². The number of aryl methyl sites for hydroxylation is 2. The van der Waals surface area contributed by atoms with E-state index in [9.17, 15) is 19.1 Å². The van der Waals surface area contributed by atoms with Gasteiger partial charge in [0.05, 0.1) is 22.5 Å². The van der Waals surface area contributed by atoms with Crippen LogP contribution in [-0.2, 0) is 4.79 Å². The second-order valence-corrected chi connectivity index (χ2v) is 6.34. The van der Waals surface area contributed by atoms with Crippen LogP contribution in [0.3, 0.4) is 0 Å². The quantitative estimate of drug-likeness (QED) is 0.852. The number of aliphatic carboxylic acids is 1. The number of carbonyl (C=O) groups excluding carboxylic acids is 1. The number of halogens is 1. The molecule has 2 heterocycles. The first-order valence-corrected chi connectivity index (χ1v) is 7.91. The van der Waals surface area contributed by atoms with Crippen molar-refractivity contribution < 1.29 is 24.2 Å². The number of aromatic nitrogens is 2. The second kappa shape index (κ2) is 6.03. The Hall–Kier alpha value is -2.61. The lowest BCUT2D eigenvalue weighted by molar-refractivity contribution is -0.162. The molecule has 0 aliphatic carbocycles. The summed E-state index contributed by atoms with van der Waals surface area (Å²) in [7, 11) is 0. The normalized spacial score (nSPS) is 16.9. The molecule has 1 aromatic carbocycles. The number of fused-ring (bicyclic) bond motifs is 1. The van der Waals surface area contributed by atoms with Gasteiger partial charge in [0.1, 0.15) is 11.3 Å². The van der Waals surface area contributed by atoms with E-state index in [0.717, 1.165) is 6.07 Å². The van der Waals surface area contributed by atoms with Gasteiger partial charge in [0.2, 0.25) is 0 Å². The molecule has 1 amide bonds. The average molecular weight is 347 g/mol. The Morgan fingerprint density at radius 3 is 2.36 bits per heavy atom. The Morgan fingerprint density at radius 1 is 1.16 bits per heavy atom. The van der Waals surface area contributed by atoms with E-state index >= 15 is 0 Å². The van der Waals surface area contributed by atoms with E-state index in [-0.39, 0.29) is 31.5 Å². The van der Waals surface area contributed by atoms with Gasteiger partial charge in [-0.25, -0.2) is 19.2 Å². The summed E-state index contributed by atoms with van der Waals surface area (Å²) < 4.78 is 13.9. The van der Waals surface area contributed by atoms with Crippen molar-refractivity contribution in [1.29, 1.82) is 0 Å². The molecule has 0 saturated carbocycles. The highest BCUT2D eigenvalue weighted by Gasteiger charge is 2.40. The summed E-state index contributed by atoms with van der Waals surface area (Å²) >= 11 is 0. The van der Waals surface area contributed by atoms with Crippen LogP contribution in [0.15, 0.2) is 12.1 Å². The van der Waals surface area contributed by atoms with Gasteiger partial charge >= 0.3 is 5.97 Å². The molecule has 1 saturated heterocycles. The van der Waals surface area contributed by atoms with E-state index in [0.29, 0.717) is 22.4 Å². The van der Waals surface area contributed by atoms with Gasteiger partial charge in [-0.3, -0.25) is 4.79 Å². The van der Waals surface area contributed by atoms with Crippen molar-refractivity contribution in [2.75, 3.05) is 13.1 Å². The number of rotatable bonds is 2. The number of hydrogen-bond acceptors (Lipinski definition) is 5. The number of carboxylic acid groups (broad SMARTS) is 1. The minimum Gasteiger partial charge on any atom is -0.479 e. The number of carbonyl (C=O) groups is 2. The molecule has 0 spiro atoms. The van der Waals surface area contributed by atoms with E-state index in [4.69, 9.17) is 5.11 Å². The highest BCUT2D eigenvalue weighted by molar-refractivity contribution is 6.04. The van der Waals surface area contributed by atoms with Crippen molar-refractivity contribution in [3.05, 3.63) is 34.9 Å². The summed E-state index contributed by atoms with van der Waals surface area (Å²) in [4.78, 5) is 33.9. The first-order valence-electron chi connectivity index (χ1n) is 7.91. The van der Waals surface area contributed by atoms with E-state index in [1.54, 1.807) is 13.8 Å². The first-order chi connectivity index (χ1) is 11.7. The zero-order valence-corrected chi connectivity index (χ0v) is 13.9. The maximum absolute atomic E-state index is 13.9. The Kier molecular flexibility index (Phi) is 4.16. The zero-order chi connectivity index (χ0) is 18.4. The van der Waals surface area contributed by atoms with Crippen LogP contribution in [0.25, 0.3) is 11.0 Å². The number of likely N-dealkylation sites (tertiary alicyclic amines) is 1. The number of benzene rings is 1. The third kappa shape index (κ3) is 3.05. The summed E-state index contributed by atoms with van der Waals surface area (Å²) in [6.07, 6.45) is -0.156. The lowest BCUT2D eigenvalue weighted by Gasteiger charge is -2.35. The topological polar surface area (TPSA) is 104 Å². The fourth-order valence-corrected chi connectivity index (χ4v) is 2.92. The summed E-state index contributed by atoms with van der Waals surface area (Å²) in [5.41, 5.74) is 0.173. The average Bonchev–Trinajstić information content (AvgIpc) is 2.55.